The summed E-state index contributed by atoms with van der Waals surface area (Å²) < 4.78 is 5.43. The van der Waals surface area contributed by atoms with Crippen molar-refractivity contribution in [1.82, 2.24) is 5.32 Å². The van der Waals surface area contributed by atoms with Gasteiger partial charge in [-0.05, 0) is 36.1 Å². The molecule has 0 saturated carbocycles. The number of hydrogen-bond acceptors (Lipinski definition) is 4. The predicted molar refractivity (Wildman–Crippen MR) is 95.6 cm³/mol. The van der Waals surface area contributed by atoms with Gasteiger partial charge in [-0.3, -0.25) is 4.79 Å². The largest absolute Gasteiger partial charge is 0.378 e. The molecule has 5 nitrogen and oxygen atoms in total. The maximum atomic E-state index is 12.1. The van der Waals surface area contributed by atoms with E-state index in [1.807, 2.05) is 0 Å². The van der Waals surface area contributed by atoms with Crippen LogP contribution < -0.4 is 15.1 Å². The van der Waals surface area contributed by atoms with Gasteiger partial charge >= 0.3 is 0 Å². The van der Waals surface area contributed by atoms with Gasteiger partial charge in [-0.15, -0.1) is 0 Å². The second kappa shape index (κ2) is 5.96. The van der Waals surface area contributed by atoms with E-state index in [0.29, 0.717) is 6.42 Å². The van der Waals surface area contributed by atoms with Crippen molar-refractivity contribution in [2.24, 2.45) is 5.41 Å². The van der Waals surface area contributed by atoms with Crippen LogP contribution in [0.1, 0.15) is 26.7 Å². The number of nitrogens with zero attached hydrogens (tertiary/aromatic N) is 2. The molecule has 0 aliphatic carbocycles. The van der Waals surface area contributed by atoms with Gasteiger partial charge in [0.1, 0.15) is 0 Å². The highest BCUT2D eigenvalue weighted by atomic mass is 16.5. The SMILES string of the molecule is CC1(C)C[C@H]2CN(c3ccc(N4CCOCC4)cc3)[C@@H]1CC(=O)N2. The summed E-state index contributed by atoms with van der Waals surface area (Å²) >= 11 is 0. The number of morpholine rings is 1. The normalized spacial score (nSPS) is 29.3. The van der Waals surface area contributed by atoms with E-state index in [1.54, 1.807) is 0 Å². The van der Waals surface area contributed by atoms with E-state index in [9.17, 15) is 4.79 Å². The lowest BCUT2D eigenvalue weighted by molar-refractivity contribution is -0.121. The standard InChI is InChI=1S/C19H27N3O2/c1-19(2)12-14-13-22(17(19)11-18(23)20-14)16-5-3-15(4-6-16)21-7-9-24-10-8-21/h3-6,14,17H,7-13H2,1-2H3,(H,20,23)/t14-,17+/m0/s1. The summed E-state index contributed by atoms with van der Waals surface area (Å²) in [5.41, 5.74) is 2.63. The van der Waals surface area contributed by atoms with Crippen LogP contribution in [0.15, 0.2) is 24.3 Å². The fourth-order valence-electron chi connectivity index (χ4n) is 4.53. The molecular weight excluding hydrogens is 302 g/mol. The van der Waals surface area contributed by atoms with Gasteiger partial charge in [0.05, 0.1) is 13.2 Å². The van der Waals surface area contributed by atoms with E-state index in [0.717, 1.165) is 39.3 Å². The first-order chi connectivity index (χ1) is 11.5. The summed E-state index contributed by atoms with van der Waals surface area (Å²) in [6, 6.07) is 9.37. The summed E-state index contributed by atoms with van der Waals surface area (Å²) in [6.45, 7) is 9.02. The molecule has 1 aromatic rings. The van der Waals surface area contributed by atoms with E-state index in [2.05, 4.69) is 53.2 Å². The zero-order valence-electron chi connectivity index (χ0n) is 14.6. The predicted octanol–water partition coefficient (Wildman–Crippen LogP) is 2.02. The summed E-state index contributed by atoms with van der Waals surface area (Å²) in [5, 5.41) is 3.19. The summed E-state index contributed by atoms with van der Waals surface area (Å²) in [4.78, 5) is 16.9. The molecule has 4 saturated heterocycles. The highest BCUT2D eigenvalue weighted by Crippen LogP contribution is 2.41. The molecule has 2 bridgehead atoms. The third-order valence-electron chi connectivity index (χ3n) is 5.77. The molecule has 4 aliphatic rings. The Labute approximate surface area is 144 Å². The molecule has 1 N–H and O–H groups in total. The number of rotatable bonds is 2. The van der Waals surface area contributed by atoms with Gasteiger partial charge in [0.25, 0.3) is 0 Å². The van der Waals surface area contributed by atoms with E-state index in [-0.39, 0.29) is 23.4 Å². The molecule has 4 fully saturated rings. The lowest BCUT2D eigenvalue weighted by atomic mass is 9.74. The van der Waals surface area contributed by atoms with Crippen molar-refractivity contribution < 1.29 is 9.53 Å². The van der Waals surface area contributed by atoms with Crippen LogP contribution >= 0.6 is 0 Å². The zero-order valence-corrected chi connectivity index (χ0v) is 14.6. The molecular formula is C19H27N3O2. The fraction of sp³-hybridized carbons (Fsp3) is 0.632. The molecule has 4 heterocycles. The van der Waals surface area contributed by atoms with Crippen LogP contribution in [0.5, 0.6) is 0 Å². The van der Waals surface area contributed by atoms with Gasteiger partial charge in [0.15, 0.2) is 0 Å². The second-order valence-electron chi connectivity index (χ2n) is 7.95. The zero-order chi connectivity index (χ0) is 16.7. The molecule has 130 valence electrons. The third kappa shape index (κ3) is 2.86. The van der Waals surface area contributed by atoms with Crippen LogP contribution in [0.4, 0.5) is 11.4 Å². The van der Waals surface area contributed by atoms with Crippen LogP contribution in [0, 0.1) is 5.41 Å². The van der Waals surface area contributed by atoms with Crippen molar-refractivity contribution in [3.05, 3.63) is 24.3 Å². The minimum atomic E-state index is 0.144. The molecule has 1 aromatic carbocycles. The van der Waals surface area contributed by atoms with Gasteiger partial charge in [-0.25, -0.2) is 0 Å². The number of carbonyl (C=O) groups is 1. The quantitative estimate of drug-likeness (QED) is 0.902. The summed E-state index contributed by atoms with van der Waals surface area (Å²) in [6.07, 6.45) is 1.65. The third-order valence-corrected chi connectivity index (χ3v) is 5.77. The second-order valence-corrected chi connectivity index (χ2v) is 7.95. The Morgan fingerprint density at radius 2 is 1.79 bits per heavy atom. The number of carbonyl (C=O) groups excluding carboxylic acids is 1. The van der Waals surface area contributed by atoms with Gasteiger partial charge < -0.3 is 19.9 Å². The lowest BCUT2D eigenvalue weighted by Gasteiger charge is -2.48. The average molecular weight is 329 g/mol. The van der Waals surface area contributed by atoms with Crippen molar-refractivity contribution >= 4 is 17.3 Å². The van der Waals surface area contributed by atoms with E-state index >= 15 is 0 Å². The number of anilines is 2. The van der Waals surface area contributed by atoms with Crippen LogP contribution in [0.2, 0.25) is 0 Å². The van der Waals surface area contributed by atoms with E-state index in [4.69, 9.17) is 4.74 Å². The Bertz CT molecular complexity index is 608. The van der Waals surface area contributed by atoms with Gasteiger partial charge in [-0.1, -0.05) is 13.8 Å². The maximum Gasteiger partial charge on any atom is 0.222 e. The van der Waals surface area contributed by atoms with Crippen LogP contribution in [0.25, 0.3) is 0 Å². The highest BCUT2D eigenvalue weighted by Gasteiger charge is 2.45. The Morgan fingerprint density at radius 3 is 2.50 bits per heavy atom. The Balaban J connectivity index is 1.57. The Kier molecular flexibility index (Phi) is 3.91. The van der Waals surface area contributed by atoms with Crippen molar-refractivity contribution in [3.63, 3.8) is 0 Å². The minimum Gasteiger partial charge on any atom is -0.378 e. The van der Waals surface area contributed by atoms with E-state index < -0.39 is 0 Å². The number of fused-ring (bicyclic) bond motifs is 4. The monoisotopic (exact) mass is 329 g/mol. The first-order valence-corrected chi connectivity index (χ1v) is 9.02. The van der Waals surface area contributed by atoms with Crippen LogP contribution in [-0.2, 0) is 9.53 Å². The molecule has 24 heavy (non-hydrogen) atoms. The summed E-state index contributed by atoms with van der Waals surface area (Å²) in [7, 11) is 0. The number of nitrogens with one attached hydrogen (secondary N) is 1. The minimum absolute atomic E-state index is 0.144. The van der Waals surface area contributed by atoms with Crippen molar-refractivity contribution in [1.29, 1.82) is 0 Å². The summed E-state index contributed by atoms with van der Waals surface area (Å²) in [5.74, 6) is 0.197. The topological polar surface area (TPSA) is 44.8 Å². The Morgan fingerprint density at radius 1 is 1.12 bits per heavy atom. The molecule has 5 heteroatoms. The van der Waals surface area contributed by atoms with Gasteiger partial charge in [-0.2, -0.15) is 0 Å². The molecule has 4 aliphatic heterocycles. The number of benzene rings is 1. The van der Waals surface area contributed by atoms with Crippen LogP contribution in [-0.4, -0.2) is 50.8 Å². The molecule has 2 atom stereocenters. The number of hydrogen-bond donors (Lipinski definition) is 1. The average Bonchev–Trinajstić information content (AvgIpc) is 2.80. The first kappa shape index (κ1) is 15.8. The fourth-order valence-corrected chi connectivity index (χ4v) is 4.53. The highest BCUT2D eigenvalue weighted by molar-refractivity contribution is 5.79. The number of ether oxygens (including phenoxy) is 1. The maximum absolute atomic E-state index is 12.1. The molecule has 1 amide bonds. The molecule has 0 radical (unpaired) electrons. The molecule has 5 rings (SSSR count). The molecule has 0 unspecified atom stereocenters. The number of piperidine rings is 1. The molecule has 0 spiro atoms. The first-order valence-electron chi connectivity index (χ1n) is 9.02. The number of amides is 1. The van der Waals surface area contributed by atoms with Crippen molar-refractivity contribution in [2.75, 3.05) is 42.6 Å². The van der Waals surface area contributed by atoms with Crippen LogP contribution in [0.3, 0.4) is 0 Å². The van der Waals surface area contributed by atoms with Gasteiger partial charge in [0, 0.05) is 49.5 Å². The molecule has 0 aromatic heterocycles. The Hall–Kier alpha value is -1.75. The lowest BCUT2D eigenvalue weighted by Crippen LogP contribution is -2.54. The smallest absolute Gasteiger partial charge is 0.222 e. The van der Waals surface area contributed by atoms with Crippen molar-refractivity contribution in [3.8, 4) is 0 Å². The van der Waals surface area contributed by atoms with E-state index in [1.165, 1.54) is 11.4 Å². The van der Waals surface area contributed by atoms with Crippen molar-refractivity contribution in [2.45, 2.75) is 38.8 Å². The van der Waals surface area contributed by atoms with Gasteiger partial charge in [0.2, 0.25) is 5.91 Å².